The van der Waals surface area contributed by atoms with Crippen LogP contribution in [-0.2, 0) is 9.59 Å². The summed E-state index contributed by atoms with van der Waals surface area (Å²) in [7, 11) is 0. The zero-order valence-corrected chi connectivity index (χ0v) is 9.64. The van der Waals surface area contributed by atoms with Gasteiger partial charge in [-0.15, -0.1) is 0 Å². The zero-order chi connectivity index (χ0) is 12.3. The van der Waals surface area contributed by atoms with E-state index < -0.39 is 23.8 Å². The fraction of sp³-hybridized carbons (Fsp3) is 0.714. The van der Waals surface area contributed by atoms with Gasteiger partial charge in [0.2, 0.25) is 0 Å². The first-order chi connectivity index (χ1) is 8.63. The standard InChI is InChI=1S/C14H14O4/c15-13(16)11-9-6-3-1-2-4-5(3)8(9)10(7(4)6)12(11)14(17)18/h1-12H,(H,15,16)(H,17,18)/t3-,4-,5?,6+,7+,8?,9+,10+,11-,12+/m0/s1. The molecular formula is C14H14O4. The van der Waals surface area contributed by atoms with Crippen molar-refractivity contribution in [2.45, 2.75) is 0 Å². The summed E-state index contributed by atoms with van der Waals surface area (Å²) in [6.45, 7) is 0. The van der Waals surface area contributed by atoms with Crippen molar-refractivity contribution in [3.63, 3.8) is 0 Å². The van der Waals surface area contributed by atoms with Crippen LogP contribution in [0, 0.1) is 59.2 Å². The Labute approximate surface area is 104 Å². The van der Waals surface area contributed by atoms with Gasteiger partial charge in [-0.05, 0) is 47.3 Å². The molecule has 6 rings (SSSR count). The molecule has 0 aromatic rings. The molecule has 5 saturated carbocycles. The van der Waals surface area contributed by atoms with Gasteiger partial charge in [0.15, 0.2) is 0 Å². The monoisotopic (exact) mass is 246 g/mol. The van der Waals surface area contributed by atoms with Gasteiger partial charge in [0, 0.05) is 0 Å². The van der Waals surface area contributed by atoms with Crippen LogP contribution in [0.1, 0.15) is 0 Å². The molecule has 4 nitrogen and oxygen atoms in total. The predicted octanol–water partition coefficient (Wildman–Crippen LogP) is 0.942. The second kappa shape index (κ2) is 2.51. The lowest BCUT2D eigenvalue weighted by molar-refractivity contribution is -0.159. The Hall–Kier alpha value is -1.32. The number of hydrogen-bond acceptors (Lipinski definition) is 2. The normalized spacial score (nSPS) is 64.2. The molecule has 4 heteroatoms. The Bertz CT molecular complexity index is 480. The molecule has 0 amide bonds. The third-order valence-corrected chi connectivity index (χ3v) is 6.79. The van der Waals surface area contributed by atoms with E-state index in [1.165, 1.54) is 0 Å². The average molecular weight is 246 g/mol. The lowest BCUT2D eigenvalue weighted by atomic mass is 9.65. The van der Waals surface area contributed by atoms with Gasteiger partial charge in [-0.1, -0.05) is 12.2 Å². The van der Waals surface area contributed by atoms with Gasteiger partial charge in [-0.2, -0.15) is 0 Å². The molecule has 0 radical (unpaired) electrons. The van der Waals surface area contributed by atoms with E-state index in [1.54, 1.807) is 0 Å². The summed E-state index contributed by atoms with van der Waals surface area (Å²) >= 11 is 0. The van der Waals surface area contributed by atoms with Gasteiger partial charge in [0.25, 0.3) is 0 Å². The van der Waals surface area contributed by atoms with Crippen molar-refractivity contribution in [2.75, 3.05) is 0 Å². The van der Waals surface area contributed by atoms with Crippen molar-refractivity contribution in [3.8, 4) is 0 Å². The number of allylic oxidation sites excluding steroid dienone is 2. The van der Waals surface area contributed by atoms with Gasteiger partial charge in [-0.25, -0.2) is 0 Å². The summed E-state index contributed by atoms with van der Waals surface area (Å²) in [5.74, 6) is 0.353. The van der Waals surface area contributed by atoms with E-state index in [9.17, 15) is 19.8 Å². The highest BCUT2D eigenvalue weighted by molar-refractivity contribution is 5.82. The number of carboxylic acids is 2. The van der Waals surface area contributed by atoms with Crippen LogP contribution in [0.25, 0.3) is 0 Å². The zero-order valence-electron chi connectivity index (χ0n) is 9.64. The maximum absolute atomic E-state index is 11.5. The Kier molecular flexibility index (Phi) is 1.34. The smallest absolute Gasteiger partial charge is 0.307 e. The SMILES string of the molecule is O=C(O)[C@@H]1[C@H](C(=O)O)[C@H]2C3C4[C@@H]5C=C[C@@H]4[C@@H]2[C@@H]5[C@H]31. The van der Waals surface area contributed by atoms with E-state index in [4.69, 9.17) is 0 Å². The third kappa shape index (κ3) is 0.677. The van der Waals surface area contributed by atoms with E-state index in [0.29, 0.717) is 35.5 Å². The molecular weight excluding hydrogens is 232 g/mol. The molecule has 8 bridgehead atoms. The summed E-state index contributed by atoms with van der Waals surface area (Å²) in [5.41, 5.74) is 0. The predicted molar refractivity (Wildman–Crippen MR) is 59.3 cm³/mol. The maximum Gasteiger partial charge on any atom is 0.307 e. The van der Waals surface area contributed by atoms with Crippen molar-refractivity contribution >= 4 is 11.9 Å². The molecule has 10 atom stereocenters. The first kappa shape index (κ1) is 9.59. The van der Waals surface area contributed by atoms with E-state index >= 15 is 0 Å². The Morgan fingerprint density at radius 3 is 1.50 bits per heavy atom. The lowest BCUT2D eigenvalue weighted by Crippen LogP contribution is -2.43. The van der Waals surface area contributed by atoms with E-state index in [2.05, 4.69) is 12.2 Å². The molecule has 0 spiro atoms. The Balaban J connectivity index is 1.67. The van der Waals surface area contributed by atoms with Crippen molar-refractivity contribution in [3.05, 3.63) is 12.2 Å². The van der Waals surface area contributed by atoms with Crippen LogP contribution in [0.2, 0.25) is 0 Å². The fourth-order valence-corrected chi connectivity index (χ4v) is 6.95. The summed E-state index contributed by atoms with van der Waals surface area (Å²) in [4.78, 5) is 22.9. The topological polar surface area (TPSA) is 74.6 Å². The largest absolute Gasteiger partial charge is 0.481 e. The van der Waals surface area contributed by atoms with Crippen LogP contribution in [-0.4, -0.2) is 22.2 Å². The second-order valence-corrected chi connectivity index (χ2v) is 6.73. The fourth-order valence-electron chi connectivity index (χ4n) is 6.95. The number of hydrogen-bond donors (Lipinski definition) is 2. The molecule has 2 unspecified atom stereocenters. The molecule has 0 aliphatic heterocycles. The minimum absolute atomic E-state index is 0.148. The minimum atomic E-state index is -0.884. The van der Waals surface area contributed by atoms with Crippen LogP contribution < -0.4 is 0 Å². The van der Waals surface area contributed by atoms with Gasteiger partial charge < -0.3 is 10.2 Å². The molecule has 0 heterocycles. The molecule has 6 aliphatic carbocycles. The molecule has 94 valence electrons. The number of carbonyl (C=O) groups is 2. The molecule has 0 aromatic heterocycles. The number of carboxylic acid groups (broad SMARTS) is 2. The van der Waals surface area contributed by atoms with Crippen LogP contribution >= 0.6 is 0 Å². The Morgan fingerprint density at radius 1 is 0.667 bits per heavy atom. The van der Waals surface area contributed by atoms with Gasteiger partial charge >= 0.3 is 11.9 Å². The number of aliphatic carboxylic acids is 2. The van der Waals surface area contributed by atoms with Crippen LogP contribution in [0.4, 0.5) is 0 Å². The highest BCUT2D eigenvalue weighted by Crippen LogP contribution is 2.82. The lowest BCUT2D eigenvalue weighted by Gasteiger charge is -2.38. The van der Waals surface area contributed by atoms with Gasteiger partial charge in [-0.3, -0.25) is 9.59 Å². The first-order valence-electron chi connectivity index (χ1n) is 6.77. The van der Waals surface area contributed by atoms with Crippen molar-refractivity contribution in [1.82, 2.24) is 0 Å². The molecule has 18 heavy (non-hydrogen) atoms. The van der Waals surface area contributed by atoms with E-state index in [0.717, 1.165) is 0 Å². The molecule has 0 saturated heterocycles. The molecule has 5 fully saturated rings. The average Bonchev–Trinajstić information content (AvgIpc) is 3.07. The van der Waals surface area contributed by atoms with Crippen LogP contribution in [0.5, 0.6) is 0 Å². The van der Waals surface area contributed by atoms with Crippen LogP contribution in [0.3, 0.4) is 0 Å². The Morgan fingerprint density at radius 2 is 1.11 bits per heavy atom. The first-order valence-corrected chi connectivity index (χ1v) is 6.77. The molecule has 6 aliphatic rings. The van der Waals surface area contributed by atoms with Crippen molar-refractivity contribution in [2.24, 2.45) is 59.2 Å². The second-order valence-electron chi connectivity index (χ2n) is 6.73. The van der Waals surface area contributed by atoms with Crippen LogP contribution in [0.15, 0.2) is 12.2 Å². The highest BCUT2D eigenvalue weighted by atomic mass is 16.4. The van der Waals surface area contributed by atoms with Crippen molar-refractivity contribution in [1.29, 1.82) is 0 Å². The molecule has 0 aromatic carbocycles. The highest BCUT2D eigenvalue weighted by Gasteiger charge is 2.82. The summed E-state index contributed by atoms with van der Waals surface area (Å²) in [5, 5.41) is 18.8. The maximum atomic E-state index is 11.5. The van der Waals surface area contributed by atoms with E-state index in [1.807, 2.05) is 0 Å². The van der Waals surface area contributed by atoms with Gasteiger partial charge in [0.1, 0.15) is 0 Å². The number of rotatable bonds is 2. The summed E-state index contributed by atoms with van der Waals surface area (Å²) in [6, 6.07) is 0. The third-order valence-electron chi connectivity index (χ3n) is 6.79. The van der Waals surface area contributed by atoms with Crippen molar-refractivity contribution < 1.29 is 19.8 Å². The quantitative estimate of drug-likeness (QED) is 0.711. The van der Waals surface area contributed by atoms with Gasteiger partial charge in [0.05, 0.1) is 11.8 Å². The minimum Gasteiger partial charge on any atom is -0.481 e. The summed E-state index contributed by atoms with van der Waals surface area (Å²) < 4.78 is 0. The summed E-state index contributed by atoms with van der Waals surface area (Å²) in [6.07, 6.45) is 4.56. The molecule has 2 N–H and O–H groups in total. The van der Waals surface area contributed by atoms with E-state index in [-0.39, 0.29) is 11.8 Å².